The normalized spacial score (nSPS) is 30.0. The van der Waals surface area contributed by atoms with Gasteiger partial charge in [-0.3, -0.25) is 4.79 Å². The number of benzene rings is 1. The van der Waals surface area contributed by atoms with Gasteiger partial charge in [-0.05, 0) is 61.1 Å². The van der Waals surface area contributed by atoms with Crippen molar-refractivity contribution in [3.8, 4) is 5.75 Å². The summed E-state index contributed by atoms with van der Waals surface area (Å²) in [5.41, 5.74) is 8.36. The van der Waals surface area contributed by atoms with E-state index in [0.29, 0.717) is 53.8 Å². The van der Waals surface area contributed by atoms with E-state index < -0.39 is 28.7 Å². The van der Waals surface area contributed by atoms with E-state index in [1.54, 1.807) is 46.7 Å². The van der Waals surface area contributed by atoms with Crippen molar-refractivity contribution >= 4 is 44.4 Å². The third-order valence-corrected chi connectivity index (χ3v) is 13.4. The van der Waals surface area contributed by atoms with Crippen LogP contribution in [0.2, 0.25) is 0 Å². The average Bonchev–Trinajstić information content (AvgIpc) is 3.43. The summed E-state index contributed by atoms with van der Waals surface area (Å²) in [5.74, 6) is 2.29. The number of nitrogens with one attached hydrogen (secondary N) is 1. The largest absolute Gasteiger partial charge is 0.481 e. The van der Waals surface area contributed by atoms with Gasteiger partial charge in [-0.2, -0.15) is 0 Å². The first-order valence-electron chi connectivity index (χ1n) is 17.0. The second kappa shape index (κ2) is 13.3. The molecule has 5 aliphatic rings. The van der Waals surface area contributed by atoms with E-state index in [1.165, 1.54) is 6.07 Å². The fourth-order valence-corrected chi connectivity index (χ4v) is 10.7. The molecule has 1 fully saturated rings. The van der Waals surface area contributed by atoms with E-state index in [0.717, 1.165) is 46.4 Å². The summed E-state index contributed by atoms with van der Waals surface area (Å²) in [5, 5.41) is 13.7. The van der Waals surface area contributed by atoms with Crippen LogP contribution in [0.5, 0.6) is 5.75 Å². The molecule has 1 saturated heterocycles. The number of amides is 1. The number of dihydropyridines is 1. The molecule has 0 saturated carbocycles. The number of aliphatic hydroxyl groups is 1. The number of rotatable bonds is 5. The number of nitrogens with two attached hydrogens (primary N) is 1. The van der Waals surface area contributed by atoms with E-state index >= 15 is 0 Å². The van der Waals surface area contributed by atoms with E-state index in [1.807, 2.05) is 24.0 Å². The average molecular weight is 706 g/mol. The Labute approximate surface area is 293 Å². The molecular formula is C37H43N3O7S2. The zero-order valence-corrected chi connectivity index (χ0v) is 29.7. The summed E-state index contributed by atoms with van der Waals surface area (Å²) in [6, 6.07) is 7.10. The van der Waals surface area contributed by atoms with Gasteiger partial charge in [0.1, 0.15) is 11.3 Å². The van der Waals surface area contributed by atoms with Crippen molar-refractivity contribution in [3.05, 3.63) is 86.6 Å². The fourth-order valence-electron chi connectivity index (χ4n) is 8.18. The molecule has 1 aromatic heterocycles. The number of ether oxygens (including phenoxy) is 2. The molecule has 1 spiro atoms. The van der Waals surface area contributed by atoms with Crippen molar-refractivity contribution < 1.29 is 28.6 Å². The molecule has 5 atom stereocenters. The van der Waals surface area contributed by atoms with Gasteiger partial charge in [0.05, 0.1) is 18.2 Å². The van der Waals surface area contributed by atoms with E-state index in [2.05, 4.69) is 18.3 Å². The van der Waals surface area contributed by atoms with Crippen molar-refractivity contribution in [1.82, 2.24) is 10.2 Å². The Hall–Kier alpha value is -3.61. The molecule has 0 bridgehead atoms. The maximum Gasteiger partial charge on any atom is 0.336 e. The molecule has 5 unspecified atom stereocenters. The van der Waals surface area contributed by atoms with Gasteiger partial charge in [0, 0.05) is 79.6 Å². The van der Waals surface area contributed by atoms with Gasteiger partial charge in [-0.25, -0.2) is 9.59 Å². The zero-order valence-electron chi connectivity index (χ0n) is 28.1. The first-order valence-corrected chi connectivity index (χ1v) is 19.5. The quantitative estimate of drug-likeness (QED) is 0.130. The lowest BCUT2D eigenvalue weighted by Crippen LogP contribution is -2.65. The van der Waals surface area contributed by atoms with Crippen molar-refractivity contribution in [2.24, 2.45) is 17.6 Å². The minimum atomic E-state index is -1.19. The van der Waals surface area contributed by atoms with E-state index in [4.69, 9.17) is 19.6 Å². The molecule has 10 nitrogen and oxygen atoms in total. The lowest BCUT2D eigenvalue weighted by Gasteiger charge is -2.53. The molecule has 4 aliphatic heterocycles. The van der Waals surface area contributed by atoms with Crippen LogP contribution in [0.25, 0.3) is 11.0 Å². The van der Waals surface area contributed by atoms with Crippen LogP contribution in [-0.4, -0.2) is 70.3 Å². The number of nitrogens with zero attached hydrogens (tertiary/aromatic N) is 1. The monoisotopic (exact) mass is 705 g/mol. The van der Waals surface area contributed by atoms with Crippen LogP contribution >= 0.6 is 21.6 Å². The molecule has 5 heterocycles. The number of hydrogen-bond acceptors (Lipinski definition) is 11. The molecule has 12 heteroatoms. The smallest absolute Gasteiger partial charge is 0.336 e. The molecule has 0 radical (unpaired) electrons. The molecule has 2 aromatic rings. The molecule has 7 rings (SSSR count). The topological polar surface area (TPSA) is 144 Å². The van der Waals surface area contributed by atoms with Crippen LogP contribution in [0.3, 0.4) is 0 Å². The highest BCUT2D eigenvalue weighted by atomic mass is 33.1. The number of carbonyl (C=O) groups is 2. The number of aliphatic hydroxyl groups excluding tert-OH is 1. The Morgan fingerprint density at radius 3 is 2.88 bits per heavy atom. The molecule has 1 amide bonds. The molecular weight excluding hydrogens is 663 g/mol. The SMILES string of the molecule is CC=C(CCO)C(=O)OC1(C)CC=C2CSSCC3C(CC)CN3C(=O)CC3=C(C=C(N)NC3)C2C12Cc1cc3ccc(=O)oc3cc1O2. The van der Waals surface area contributed by atoms with Crippen LogP contribution in [0.4, 0.5) is 0 Å². The minimum Gasteiger partial charge on any atom is -0.481 e. The zero-order chi connectivity index (χ0) is 34.5. The Morgan fingerprint density at radius 1 is 1.27 bits per heavy atom. The summed E-state index contributed by atoms with van der Waals surface area (Å²) in [4.78, 5) is 42.0. The maximum absolute atomic E-state index is 14.0. The predicted octanol–water partition coefficient (Wildman–Crippen LogP) is 4.77. The highest BCUT2D eigenvalue weighted by Gasteiger charge is 2.64. The van der Waals surface area contributed by atoms with E-state index in [9.17, 15) is 19.5 Å². The van der Waals surface area contributed by atoms with Gasteiger partial charge >= 0.3 is 11.6 Å². The van der Waals surface area contributed by atoms with Crippen molar-refractivity contribution in [2.45, 2.75) is 70.1 Å². The summed E-state index contributed by atoms with van der Waals surface area (Å²) < 4.78 is 19.3. The van der Waals surface area contributed by atoms with Crippen LogP contribution in [0, 0.1) is 11.8 Å². The van der Waals surface area contributed by atoms with Gasteiger partial charge in [-0.1, -0.05) is 46.2 Å². The standard InChI is InChI=1S/C37H43N3O7S2/c1-4-21(9-11-41)35(44)47-36(3)10-8-24-19-48-49-20-28-22(5-2)18-40(28)32(42)13-26-17-39-31(38)14-27(26)34(24)37(36)16-25-12-23-6-7-33(43)45-29(23)15-30(25)46-37/h4,6-8,12,14-15,22,28,34,39,41H,5,9-11,13,16-20,38H2,1-3H3. The lowest BCUT2D eigenvalue weighted by atomic mass is 9.61. The van der Waals surface area contributed by atoms with Crippen molar-refractivity contribution in [3.63, 3.8) is 0 Å². The van der Waals surface area contributed by atoms with Gasteiger partial charge in [-0.15, -0.1) is 0 Å². The highest BCUT2D eigenvalue weighted by Crippen LogP contribution is 2.57. The predicted molar refractivity (Wildman–Crippen MR) is 192 cm³/mol. The minimum absolute atomic E-state index is 0.104. The number of carbonyl (C=O) groups excluding carboxylic acids is 2. The van der Waals surface area contributed by atoms with Gasteiger partial charge in [0.2, 0.25) is 5.91 Å². The summed E-state index contributed by atoms with van der Waals surface area (Å²) in [7, 11) is 3.57. The maximum atomic E-state index is 14.0. The highest BCUT2D eigenvalue weighted by molar-refractivity contribution is 8.76. The van der Waals surface area contributed by atoms with Crippen LogP contribution in [0.1, 0.15) is 52.0 Å². The van der Waals surface area contributed by atoms with Crippen LogP contribution < -0.4 is 21.4 Å². The van der Waals surface area contributed by atoms with Gasteiger partial charge in [0.15, 0.2) is 11.2 Å². The van der Waals surface area contributed by atoms with Gasteiger partial charge < -0.3 is 34.9 Å². The van der Waals surface area contributed by atoms with Gasteiger partial charge in [0.25, 0.3) is 0 Å². The first-order chi connectivity index (χ1) is 23.6. The Kier molecular flexibility index (Phi) is 9.16. The van der Waals surface area contributed by atoms with Crippen LogP contribution in [0.15, 0.2) is 79.8 Å². The Bertz CT molecular complexity index is 1880. The number of allylic oxidation sites excluding steroid dienone is 2. The molecule has 4 N–H and O–H groups in total. The second-order valence-electron chi connectivity index (χ2n) is 13.8. The molecule has 49 heavy (non-hydrogen) atoms. The third kappa shape index (κ3) is 5.89. The fraction of sp³-hybridized carbons (Fsp3) is 0.486. The van der Waals surface area contributed by atoms with Crippen LogP contribution in [-0.2, 0) is 20.7 Å². The first kappa shape index (κ1) is 33.9. The summed E-state index contributed by atoms with van der Waals surface area (Å²) in [6.07, 6.45) is 8.02. The van der Waals surface area contributed by atoms with E-state index in [-0.39, 0.29) is 31.4 Å². The summed E-state index contributed by atoms with van der Waals surface area (Å²) in [6.45, 7) is 6.88. The summed E-state index contributed by atoms with van der Waals surface area (Å²) >= 11 is 0. The number of esters is 1. The molecule has 260 valence electrons. The number of fused-ring (bicyclic) bond motifs is 6. The third-order valence-electron chi connectivity index (χ3n) is 11.0. The van der Waals surface area contributed by atoms with Crippen molar-refractivity contribution in [1.29, 1.82) is 0 Å². The molecule has 1 aliphatic carbocycles. The molecule has 1 aromatic carbocycles. The number of hydrogen-bond donors (Lipinski definition) is 3. The Balaban J connectivity index is 1.40. The van der Waals surface area contributed by atoms with Crippen molar-refractivity contribution in [2.75, 3.05) is 31.2 Å². The second-order valence-corrected chi connectivity index (χ2v) is 16.3. The Morgan fingerprint density at radius 2 is 2.10 bits per heavy atom. The lowest BCUT2D eigenvalue weighted by molar-refractivity contribution is -0.186.